The molecule has 7 N–H and O–H groups in total. The van der Waals surface area contributed by atoms with Crippen LogP contribution >= 0.6 is 0 Å². The summed E-state index contributed by atoms with van der Waals surface area (Å²) in [6.07, 6.45) is 8.28. The minimum Gasteiger partial charge on any atom is -0.397 e. The molecule has 0 radical (unpaired) electrons. The van der Waals surface area contributed by atoms with Crippen LogP contribution in [0.15, 0.2) is 36.8 Å². The van der Waals surface area contributed by atoms with Crippen LogP contribution in [0.3, 0.4) is 0 Å². The molecule has 1 aliphatic heterocycles. The fraction of sp³-hybridized carbons (Fsp3) is 0.250. The maximum absolute atomic E-state index is 13.0. The van der Waals surface area contributed by atoms with Crippen molar-refractivity contribution in [3.05, 3.63) is 42.5 Å². The molecule has 4 heterocycles. The SMILES string of the molecule is Nc1ncc(-c2ccc(N)c(C(=O)Nc3cnccc3N3CCCCC3)n2)c(N)n1. The fourth-order valence-electron chi connectivity index (χ4n) is 3.48. The number of rotatable bonds is 4. The van der Waals surface area contributed by atoms with E-state index in [1.165, 1.54) is 12.6 Å². The van der Waals surface area contributed by atoms with Gasteiger partial charge in [0.25, 0.3) is 5.91 Å². The molecule has 1 saturated heterocycles. The van der Waals surface area contributed by atoms with Crippen LogP contribution < -0.4 is 27.4 Å². The molecule has 0 spiro atoms. The van der Waals surface area contributed by atoms with Crippen LogP contribution in [0, 0.1) is 0 Å². The number of carbonyl (C=O) groups excluding carboxylic acids is 1. The lowest BCUT2D eigenvalue weighted by Crippen LogP contribution is -2.30. The first-order valence-electron chi connectivity index (χ1n) is 9.68. The van der Waals surface area contributed by atoms with E-state index in [0.29, 0.717) is 16.9 Å². The quantitative estimate of drug-likeness (QED) is 0.508. The van der Waals surface area contributed by atoms with E-state index in [1.807, 2.05) is 6.07 Å². The van der Waals surface area contributed by atoms with E-state index in [9.17, 15) is 4.79 Å². The van der Waals surface area contributed by atoms with Gasteiger partial charge in [-0.3, -0.25) is 9.78 Å². The molecule has 3 aromatic heterocycles. The number of aromatic nitrogens is 4. The Balaban J connectivity index is 1.63. The molecule has 1 amide bonds. The molecule has 0 saturated carbocycles. The average Bonchev–Trinajstić information content (AvgIpc) is 2.75. The summed E-state index contributed by atoms with van der Waals surface area (Å²) in [5.74, 6) is -0.201. The normalized spacial score (nSPS) is 13.8. The molecule has 10 nitrogen and oxygen atoms in total. The first kappa shape index (κ1) is 19.4. The lowest BCUT2D eigenvalue weighted by molar-refractivity contribution is 0.102. The largest absolute Gasteiger partial charge is 0.397 e. The zero-order valence-electron chi connectivity index (χ0n) is 16.4. The van der Waals surface area contributed by atoms with Crippen LogP contribution in [-0.2, 0) is 0 Å². The van der Waals surface area contributed by atoms with Gasteiger partial charge >= 0.3 is 0 Å². The third-order valence-electron chi connectivity index (χ3n) is 5.00. The third-order valence-corrected chi connectivity index (χ3v) is 5.00. The minimum absolute atomic E-state index is 0.0616. The van der Waals surface area contributed by atoms with Crippen LogP contribution in [0.4, 0.5) is 28.8 Å². The lowest BCUT2D eigenvalue weighted by Gasteiger charge is -2.30. The number of carbonyl (C=O) groups is 1. The van der Waals surface area contributed by atoms with Crippen molar-refractivity contribution in [3.63, 3.8) is 0 Å². The number of amides is 1. The van der Waals surface area contributed by atoms with E-state index in [4.69, 9.17) is 17.2 Å². The van der Waals surface area contributed by atoms with Crippen LogP contribution in [-0.4, -0.2) is 38.9 Å². The number of hydrogen-bond donors (Lipinski definition) is 4. The molecule has 4 rings (SSSR count). The van der Waals surface area contributed by atoms with E-state index in [0.717, 1.165) is 31.6 Å². The molecule has 154 valence electrons. The van der Waals surface area contributed by atoms with Gasteiger partial charge in [0.15, 0.2) is 5.69 Å². The lowest BCUT2D eigenvalue weighted by atomic mass is 10.1. The van der Waals surface area contributed by atoms with Crippen LogP contribution in [0.25, 0.3) is 11.3 Å². The zero-order chi connectivity index (χ0) is 21.1. The number of nitrogens with one attached hydrogen (secondary N) is 1. The Bertz CT molecular complexity index is 1080. The fourth-order valence-corrected chi connectivity index (χ4v) is 3.48. The van der Waals surface area contributed by atoms with Gasteiger partial charge in [-0.1, -0.05) is 0 Å². The number of piperidine rings is 1. The molecule has 30 heavy (non-hydrogen) atoms. The van der Waals surface area contributed by atoms with Crippen molar-refractivity contribution in [2.75, 3.05) is 40.5 Å². The number of anilines is 5. The summed E-state index contributed by atoms with van der Waals surface area (Å²) in [7, 11) is 0. The van der Waals surface area contributed by atoms with Gasteiger partial charge in [0.2, 0.25) is 5.95 Å². The molecule has 0 atom stereocenters. The highest BCUT2D eigenvalue weighted by Gasteiger charge is 2.19. The summed E-state index contributed by atoms with van der Waals surface area (Å²) >= 11 is 0. The summed E-state index contributed by atoms with van der Waals surface area (Å²) in [5.41, 5.74) is 20.3. The second-order valence-corrected chi connectivity index (χ2v) is 7.06. The first-order valence-corrected chi connectivity index (χ1v) is 9.68. The minimum atomic E-state index is -0.435. The molecule has 1 fully saturated rings. The summed E-state index contributed by atoms with van der Waals surface area (Å²) in [6.45, 7) is 1.89. The smallest absolute Gasteiger partial charge is 0.276 e. The Hall–Kier alpha value is -3.95. The van der Waals surface area contributed by atoms with Crippen molar-refractivity contribution in [3.8, 4) is 11.3 Å². The molecular weight excluding hydrogens is 382 g/mol. The highest BCUT2D eigenvalue weighted by Crippen LogP contribution is 2.29. The Morgan fingerprint density at radius 2 is 1.80 bits per heavy atom. The van der Waals surface area contributed by atoms with Gasteiger partial charge in [-0.2, -0.15) is 4.98 Å². The Labute approximate surface area is 173 Å². The van der Waals surface area contributed by atoms with Crippen molar-refractivity contribution in [1.29, 1.82) is 0 Å². The number of nitrogens with two attached hydrogens (primary N) is 3. The summed E-state index contributed by atoms with van der Waals surface area (Å²) in [5, 5.41) is 2.90. The van der Waals surface area contributed by atoms with E-state index in [2.05, 4.69) is 30.2 Å². The van der Waals surface area contributed by atoms with E-state index in [1.54, 1.807) is 24.5 Å². The zero-order valence-corrected chi connectivity index (χ0v) is 16.4. The Morgan fingerprint density at radius 1 is 1.00 bits per heavy atom. The molecular formula is C20H23N9O. The molecule has 3 aromatic rings. The third kappa shape index (κ3) is 3.93. The predicted octanol–water partition coefficient (Wildman–Crippen LogP) is 1.92. The second-order valence-electron chi connectivity index (χ2n) is 7.06. The standard InChI is InChI=1S/C20H23N9O/c21-13-4-5-14(12-10-25-20(23)28-18(12)22)26-17(13)19(30)27-15-11-24-7-6-16(15)29-8-2-1-3-9-29/h4-7,10-11H,1-3,8-9,21H2,(H,27,30)(H4,22,23,25,28). The molecule has 0 aliphatic carbocycles. The van der Waals surface area contributed by atoms with E-state index < -0.39 is 5.91 Å². The van der Waals surface area contributed by atoms with Gasteiger partial charge in [-0.25, -0.2) is 9.97 Å². The first-order chi connectivity index (χ1) is 14.5. The number of nitrogen functional groups attached to an aromatic ring is 3. The van der Waals surface area contributed by atoms with Crippen molar-refractivity contribution in [1.82, 2.24) is 19.9 Å². The summed E-state index contributed by atoms with van der Waals surface area (Å²) in [6, 6.07) is 5.16. The molecule has 0 bridgehead atoms. The Kier molecular flexibility index (Phi) is 5.29. The van der Waals surface area contributed by atoms with Crippen LogP contribution in [0.2, 0.25) is 0 Å². The van der Waals surface area contributed by atoms with Gasteiger partial charge in [0.05, 0.1) is 34.5 Å². The van der Waals surface area contributed by atoms with E-state index >= 15 is 0 Å². The highest BCUT2D eigenvalue weighted by atomic mass is 16.1. The monoisotopic (exact) mass is 405 g/mol. The van der Waals surface area contributed by atoms with E-state index in [-0.39, 0.29) is 23.1 Å². The number of nitrogens with zero attached hydrogens (tertiary/aromatic N) is 5. The number of hydrogen-bond acceptors (Lipinski definition) is 9. The van der Waals surface area contributed by atoms with Crippen molar-refractivity contribution < 1.29 is 4.79 Å². The van der Waals surface area contributed by atoms with Crippen LogP contribution in [0.5, 0.6) is 0 Å². The van der Waals surface area contributed by atoms with Gasteiger partial charge < -0.3 is 27.4 Å². The van der Waals surface area contributed by atoms with Gasteiger partial charge in [0.1, 0.15) is 5.82 Å². The molecule has 10 heteroatoms. The maximum Gasteiger partial charge on any atom is 0.276 e. The van der Waals surface area contributed by atoms with Gasteiger partial charge in [-0.15, -0.1) is 0 Å². The van der Waals surface area contributed by atoms with Crippen molar-refractivity contribution in [2.24, 2.45) is 0 Å². The second kappa shape index (κ2) is 8.19. The summed E-state index contributed by atoms with van der Waals surface area (Å²) < 4.78 is 0. The molecule has 1 aliphatic rings. The topological polar surface area (TPSA) is 162 Å². The highest BCUT2D eigenvalue weighted by molar-refractivity contribution is 6.08. The van der Waals surface area contributed by atoms with Crippen molar-refractivity contribution >= 4 is 34.7 Å². The van der Waals surface area contributed by atoms with Gasteiger partial charge in [-0.05, 0) is 37.5 Å². The average molecular weight is 405 g/mol. The predicted molar refractivity (Wildman–Crippen MR) is 117 cm³/mol. The van der Waals surface area contributed by atoms with Gasteiger partial charge in [0, 0.05) is 25.5 Å². The maximum atomic E-state index is 13.0. The molecule has 0 unspecified atom stereocenters. The van der Waals surface area contributed by atoms with Crippen LogP contribution in [0.1, 0.15) is 29.8 Å². The Morgan fingerprint density at radius 3 is 2.57 bits per heavy atom. The summed E-state index contributed by atoms with van der Waals surface area (Å²) in [4.78, 5) is 31.7. The number of pyridine rings is 2. The van der Waals surface area contributed by atoms with Crippen molar-refractivity contribution in [2.45, 2.75) is 19.3 Å². The molecule has 0 aromatic carbocycles.